The van der Waals surface area contributed by atoms with E-state index in [0.29, 0.717) is 11.8 Å². The van der Waals surface area contributed by atoms with E-state index in [1.54, 1.807) is 6.92 Å². The van der Waals surface area contributed by atoms with Crippen LogP contribution < -0.4 is 5.32 Å². The first-order chi connectivity index (χ1) is 11.7. The molecule has 1 aromatic carbocycles. The van der Waals surface area contributed by atoms with Gasteiger partial charge in [0.1, 0.15) is 0 Å². The summed E-state index contributed by atoms with van der Waals surface area (Å²) in [5.74, 6) is -1.74. The number of rotatable bonds is 4. The van der Waals surface area contributed by atoms with Crippen LogP contribution in [0.3, 0.4) is 0 Å². The molecule has 0 saturated carbocycles. The summed E-state index contributed by atoms with van der Waals surface area (Å²) in [6, 6.07) is 2.48. The third kappa shape index (κ3) is 5.15. The van der Waals surface area contributed by atoms with Gasteiger partial charge in [0, 0.05) is 6.20 Å². The molecule has 1 aromatic heterocycles. The number of alkyl halides is 3. The molecule has 0 aliphatic heterocycles. The van der Waals surface area contributed by atoms with Crippen LogP contribution >= 0.6 is 11.6 Å². The van der Waals surface area contributed by atoms with Gasteiger partial charge < -0.3 is 10.1 Å². The number of halogens is 4. The van der Waals surface area contributed by atoms with E-state index in [0.717, 1.165) is 12.1 Å². The van der Waals surface area contributed by atoms with Gasteiger partial charge in [0.25, 0.3) is 5.91 Å². The van der Waals surface area contributed by atoms with Crippen molar-refractivity contribution in [3.8, 4) is 0 Å². The quantitative estimate of drug-likeness (QED) is 0.832. The van der Waals surface area contributed by atoms with Crippen LogP contribution in [-0.4, -0.2) is 28.5 Å². The summed E-state index contributed by atoms with van der Waals surface area (Å²) in [5, 5.41) is 2.07. The average molecular weight is 374 g/mol. The molecule has 0 saturated heterocycles. The fourth-order valence-corrected chi connectivity index (χ4v) is 1.85. The number of carbonyl (C=O) groups is 2. The van der Waals surface area contributed by atoms with E-state index in [1.807, 2.05) is 0 Å². The Bertz CT molecular complexity index is 795. The lowest BCUT2D eigenvalue weighted by atomic mass is 10.2. The summed E-state index contributed by atoms with van der Waals surface area (Å²) >= 11 is 5.76. The molecule has 2 rings (SSSR count). The maximum atomic E-state index is 12.7. The molecule has 0 radical (unpaired) electrons. The van der Waals surface area contributed by atoms with Gasteiger partial charge >= 0.3 is 12.1 Å². The predicted molar refractivity (Wildman–Crippen MR) is 82.1 cm³/mol. The number of esters is 1. The van der Waals surface area contributed by atoms with E-state index in [1.165, 1.54) is 12.4 Å². The number of nitrogens with zero attached hydrogens (tertiary/aromatic N) is 2. The Balaban J connectivity index is 1.98. The van der Waals surface area contributed by atoms with Crippen LogP contribution in [0.4, 0.5) is 18.9 Å². The van der Waals surface area contributed by atoms with Gasteiger partial charge in [-0.05, 0) is 25.1 Å². The highest BCUT2D eigenvalue weighted by Crippen LogP contribution is 2.33. The maximum Gasteiger partial charge on any atom is 0.416 e. The molecule has 0 spiro atoms. The van der Waals surface area contributed by atoms with Gasteiger partial charge in [0.2, 0.25) is 0 Å². The molecular weight excluding hydrogens is 363 g/mol. The number of hydrogen-bond acceptors (Lipinski definition) is 5. The second-order valence-corrected chi connectivity index (χ2v) is 5.27. The first kappa shape index (κ1) is 18.7. The number of anilines is 1. The van der Waals surface area contributed by atoms with Crippen molar-refractivity contribution in [3.63, 3.8) is 0 Å². The van der Waals surface area contributed by atoms with Crippen LogP contribution in [0.1, 0.15) is 21.7 Å². The van der Waals surface area contributed by atoms with Crippen LogP contribution in [0.25, 0.3) is 0 Å². The predicted octanol–water partition coefficient (Wildman–Crippen LogP) is 3.25. The maximum absolute atomic E-state index is 12.7. The van der Waals surface area contributed by atoms with Crippen LogP contribution in [0.2, 0.25) is 5.02 Å². The minimum absolute atomic E-state index is 0.0860. The first-order valence-corrected chi connectivity index (χ1v) is 7.17. The molecular formula is C15H11ClF3N3O3. The second kappa shape index (κ2) is 7.47. The van der Waals surface area contributed by atoms with Gasteiger partial charge in [-0.15, -0.1) is 0 Å². The Morgan fingerprint density at radius 2 is 1.96 bits per heavy atom. The Morgan fingerprint density at radius 1 is 1.24 bits per heavy atom. The number of benzene rings is 1. The Hall–Kier alpha value is -2.68. The average Bonchev–Trinajstić information content (AvgIpc) is 2.54. The first-order valence-electron chi connectivity index (χ1n) is 6.79. The molecule has 0 bridgehead atoms. The number of amides is 1. The largest absolute Gasteiger partial charge is 0.451 e. The summed E-state index contributed by atoms with van der Waals surface area (Å²) in [6.07, 6.45) is -2.06. The van der Waals surface area contributed by atoms with Crippen molar-refractivity contribution in [3.05, 3.63) is 52.6 Å². The van der Waals surface area contributed by atoms with E-state index < -0.39 is 30.2 Å². The minimum atomic E-state index is -4.58. The highest BCUT2D eigenvalue weighted by molar-refractivity contribution is 6.33. The summed E-state index contributed by atoms with van der Waals surface area (Å²) in [5.41, 5.74) is -0.726. The van der Waals surface area contributed by atoms with Crippen molar-refractivity contribution in [2.24, 2.45) is 0 Å². The Labute approximate surface area is 145 Å². The zero-order valence-electron chi connectivity index (χ0n) is 12.7. The van der Waals surface area contributed by atoms with E-state index >= 15 is 0 Å². The van der Waals surface area contributed by atoms with Crippen molar-refractivity contribution < 1.29 is 27.5 Å². The topological polar surface area (TPSA) is 81.2 Å². The normalized spacial score (nSPS) is 11.1. The van der Waals surface area contributed by atoms with Crippen molar-refractivity contribution in [1.82, 2.24) is 9.97 Å². The zero-order chi connectivity index (χ0) is 18.6. The van der Waals surface area contributed by atoms with Gasteiger partial charge in [-0.1, -0.05) is 11.6 Å². The fraction of sp³-hybridized carbons (Fsp3) is 0.200. The Kier molecular flexibility index (Phi) is 5.58. The molecule has 6 nitrogen and oxygen atoms in total. The van der Waals surface area contributed by atoms with E-state index in [2.05, 4.69) is 15.3 Å². The molecule has 2 aromatic rings. The Morgan fingerprint density at radius 3 is 2.56 bits per heavy atom. The smallest absolute Gasteiger partial charge is 0.416 e. The van der Waals surface area contributed by atoms with Gasteiger partial charge in [0.15, 0.2) is 12.3 Å². The zero-order valence-corrected chi connectivity index (χ0v) is 13.5. The van der Waals surface area contributed by atoms with Crippen LogP contribution in [-0.2, 0) is 15.7 Å². The minimum Gasteiger partial charge on any atom is -0.451 e. The number of carbonyl (C=O) groups excluding carboxylic acids is 2. The second-order valence-electron chi connectivity index (χ2n) is 4.86. The van der Waals surface area contributed by atoms with Crippen molar-refractivity contribution in [2.75, 3.05) is 11.9 Å². The van der Waals surface area contributed by atoms with Crippen LogP contribution in [0, 0.1) is 6.92 Å². The molecule has 0 unspecified atom stereocenters. The van der Waals surface area contributed by atoms with Crippen LogP contribution in [0.5, 0.6) is 0 Å². The van der Waals surface area contributed by atoms with Gasteiger partial charge in [-0.2, -0.15) is 13.2 Å². The molecule has 25 heavy (non-hydrogen) atoms. The monoisotopic (exact) mass is 373 g/mol. The number of nitrogens with one attached hydrogen (secondary N) is 1. The number of ether oxygens (including phenoxy) is 1. The van der Waals surface area contributed by atoms with Crippen molar-refractivity contribution in [2.45, 2.75) is 13.1 Å². The number of aromatic nitrogens is 2. The molecule has 0 fully saturated rings. The van der Waals surface area contributed by atoms with Crippen molar-refractivity contribution in [1.29, 1.82) is 0 Å². The van der Waals surface area contributed by atoms with Gasteiger partial charge in [-0.3, -0.25) is 9.78 Å². The molecule has 1 amide bonds. The molecule has 0 aliphatic rings. The third-order valence-corrected chi connectivity index (χ3v) is 3.22. The molecule has 10 heteroatoms. The molecule has 1 N–H and O–H groups in total. The number of hydrogen-bond donors (Lipinski definition) is 1. The molecule has 1 heterocycles. The summed E-state index contributed by atoms with van der Waals surface area (Å²) in [7, 11) is 0. The highest BCUT2D eigenvalue weighted by Gasteiger charge is 2.31. The highest BCUT2D eigenvalue weighted by atomic mass is 35.5. The van der Waals surface area contributed by atoms with Gasteiger partial charge in [0.05, 0.1) is 28.2 Å². The third-order valence-electron chi connectivity index (χ3n) is 2.89. The molecule has 0 atom stereocenters. The lowest BCUT2D eigenvalue weighted by molar-refractivity contribution is -0.137. The van der Waals surface area contributed by atoms with E-state index in [4.69, 9.17) is 16.3 Å². The summed E-state index contributed by atoms with van der Waals surface area (Å²) in [4.78, 5) is 31.1. The molecule has 132 valence electrons. The SMILES string of the molecule is Cc1cnc(C(=O)OCC(=O)Nc2cc(C(F)(F)F)ccc2Cl)cn1. The lowest BCUT2D eigenvalue weighted by Gasteiger charge is -2.11. The standard InChI is InChI=1S/C15H11ClF3N3O3/c1-8-5-21-12(6-20-8)14(24)25-7-13(23)22-11-4-9(15(17,18)19)2-3-10(11)16/h2-6H,7H2,1H3,(H,22,23). The van der Waals surface area contributed by atoms with E-state index in [9.17, 15) is 22.8 Å². The van der Waals surface area contributed by atoms with Crippen molar-refractivity contribution >= 4 is 29.2 Å². The fourth-order valence-electron chi connectivity index (χ4n) is 1.69. The van der Waals surface area contributed by atoms with Crippen LogP contribution in [0.15, 0.2) is 30.6 Å². The molecule has 0 aliphatic carbocycles. The number of aryl methyl sites for hydroxylation is 1. The van der Waals surface area contributed by atoms with Gasteiger partial charge in [-0.25, -0.2) is 9.78 Å². The van der Waals surface area contributed by atoms with E-state index in [-0.39, 0.29) is 16.4 Å². The summed E-state index contributed by atoms with van der Waals surface area (Å²) < 4.78 is 42.7. The lowest BCUT2D eigenvalue weighted by Crippen LogP contribution is -2.22. The summed E-state index contributed by atoms with van der Waals surface area (Å²) in [6.45, 7) is 0.954.